The first-order chi connectivity index (χ1) is 9.08. The smallest absolute Gasteiger partial charge is 0.268 e. The number of pyridine rings is 1. The van der Waals surface area contributed by atoms with E-state index in [4.69, 9.17) is 5.26 Å². The fraction of sp³-hybridized carbons (Fsp3) is 0.200. The van der Waals surface area contributed by atoms with Crippen molar-refractivity contribution in [3.63, 3.8) is 0 Å². The Morgan fingerprint density at radius 3 is 2.47 bits per heavy atom. The van der Waals surface area contributed by atoms with Gasteiger partial charge in [0, 0.05) is 22.3 Å². The van der Waals surface area contributed by atoms with Crippen molar-refractivity contribution >= 4 is 15.9 Å². The van der Waals surface area contributed by atoms with Crippen LogP contribution in [0.15, 0.2) is 39.6 Å². The number of rotatable bonds is 2. The molecule has 0 aliphatic heterocycles. The topological polar surface area (TPSA) is 45.8 Å². The molecule has 2 rings (SSSR count). The molecule has 0 unspecified atom stereocenters. The van der Waals surface area contributed by atoms with E-state index in [1.165, 1.54) is 0 Å². The van der Waals surface area contributed by atoms with Crippen molar-refractivity contribution in [1.82, 2.24) is 4.57 Å². The third-order valence-electron chi connectivity index (χ3n) is 3.15. The fourth-order valence-corrected chi connectivity index (χ4v) is 2.40. The van der Waals surface area contributed by atoms with Crippen LogP contribution in [0.25, 0.3) is 11.1 Å². The fourth-order valence-electron chi connectivity index (χ4n) is 2.14. The standard InChI is InChI=1S/C15H13BrN2O/c1-3-18-10(2)14(8-12(9-17)15(18)19)11-4-6-13(16)7-5-11/h4-8H,3H2,1-2H3. The van der Waals surface area contributed by atoms with E-state index in [1.54, 1.807) is 10.6 Å². The second-order valence-electron chi connectivity index (χ2n) is 4.23. The monoisotopic (exact) mass is 316 g/mol. The van der Waals surface area contributed by atoms with Crippen LogP contribution in [0.2, 0.25) is 0 Å². The average Bonchev–Trinajstić information content (AvgIpc) is 2.41. The van der Waals surface area contributed by atoms with Crippen LogP contribution < -0.4 is 5.56 Å². The van der Waals surface area contributed by atoms with Gasteiger partial charge in [0.25, 0.3) is 5.56 Å². The molecule has 3 nitrogen and oxygen atoms in total. The molecule has 1 aromatic heterocycles. The van der Waals surface area contributed by atoms with E-state index in [1.807, 2.05) is 44.2 Å². The highest BCUT2D eigenvalue weighted by atomic mass is 79.9. The molecule has 0 aliphatic carbocycles. The Labute approximate surface area is 120 Å². The van der Waals surface area contributed by atoms with Gasteiger partial charge in [-0.3, -0.25) is 4.79 Å². The minimum absolute atomic E-state index is 0.186. The van der Waals surface area contributed by atoms with Crippen LogP contribution in [0.1, 0.15) is 18.2 Å². The molecule has 0 N–H and O–H groups in total. The van der Waals surface area contributed by atoms with E-state index >= 15 is 0 Å². The minimum Gasteiger partial charge on any atom is -0.311 e. The maximum Gasteiger partial charge on any atom is 0.268 e. The van der Waals surface area contributed by atoms with Crippen molar-refractivity contribution in [2.45, 2.75) is 20.4 Å². The summed E-state index contributed by atoms with van der Waals surface area (Å²) in [5.74, 6) is 0. The van der Waals surface area contributed by atoms with Gasteiger partial charge in [0.05, 0.1) is 0 Å². The highest BCUT2D eigenvalue weighted by molar-refractivity contribution is 9.10. The number of halogens is 1. The maximum absolute atomic E-state index is 12.0. The molecule has 1 aromatic carbocycles. The van der Waals surface area contributed by atoms with Crippen LogP contribution in [-0.2, 0) is 6.54 Å². The van der Waals surface area contributed by atoms with Crippen molar-refractivity contribution in [3.8, 4) is 17.2 Å². The van der Waals surface area contributed by atoms with Gasteiger partial charge in [-0.2, -0.15) is 5.26 Å². The lowest BCUT2D eigenvalue weighted by Crippen LogP contribution is -2.24. The Balaban J connectivity index is 2.74. The summed E-state index contributed by atoms with van der Waals surface area (Å²) in [6.07, 6.45) is 0. The first kappa shape index (κ1) is 13.6. The van der Waals surface area contributed by atoms with E-state index in [-0.39, 0.29) is 11.1 Å². The molecule has 0 aliphatic rings. The second kappa shape index (κ2) is 5.41. The first-order valence-electron chi connectivity index (χ1n) is 5.99. The van der Waals surface area contributed by atoms with Gasteiger partial charge in [-0.1, -0.05) is 28.1 Å². The number of benzene rings is 1. The number of hydrogen-bond acceptors (Lipinski definition) is 2. The first-order valence-corrected chi connectivity index (χ1v) is 6.78. The Morgan fingerprint density at radius 1 is 1.32 bits per heavy atom. The minimum atomic E-state index is -0.219. The Morgan fingerprint density at radius 2 is 1.95 bits per heavy atom. The number of nitrogens with zero attached hydrogens (tertiary/aromatic N) is 2. The lowest BCUT2D eigenvalue weighted by Gasteiger charge is -2.13. The lowest BCUT2D eigenvalue weighted by molar-refractivity contribution is 0.700. The molecule has 0 saturated carbocycles. The molecule has 2 aromatic rings. The van der Waals surface area contributed by atoms with E-state index in [0.717, 1.165) is 21.3 Å². The zero-order valence-electron chi connectivity index (χ0n) is 10.8. The van der Waals surface area contributed by atoms with E-state index in [0.29, 0.717) is 6.54 Å². The van der Waals surface area contributed by atoms with Crippen molar-refractivity contribution in [1.29, 1.82) is 5.26 Å². The lowest BCUT2D eigenvalue weighted by atomic mass is 10.0. The summed E-state index contributed by atoms with van der Waals surface area (Å²) in [6.45, 7) is 4.37. The van der Waals surface area contributed by atoms with Crippen LogP contribution in [0, 0.1) is 18.3 Å². The molecule has 0 amide bonds. The zero-order chi connectivity index (χ0) is 14.0. The van der Waals surface area contributed by atoms with Crippen molar-refractivity contribution < 1.29 is 0 Å². The number of nitriles is 1. The Bertz CT molecular complexity index is 709. The summed E-state index contributed by atoms with van der Waals surface area (Å²) in [7, 11) is 0. The largest absolute Gasteiger partial charge is 0.311 e. The van der Waals surface area contributed by atoms with Crippen LogP contribution in [0.5, 0.6) is 0 Å². The number of aromatic nitrogens is 1. The summed E-state index contributed by atoms with van der Waals surface area (Å²) in [6, 6.07) is 11.5. The van der Waals surface area contributed by atoms with Crippen molar-refractivity contribution in [2.24, 2.45) is 0 Å². The number of hydrogen-bond donors (Lipinski definition) is 0. The molecular formula is C15H13BrN2O. The Kier molecular flexibility index (Phi) is 3.87. The van der Waals surface area contributed by atoms with Gasteiger partial charge < -0.3 is 4.57 Å². The summed E-state index contributed by atoms with van der Waals surface area (Å²) < 4.78 is 2.63. The average molecular weight is 317 g/mol. The predicted octanol–water partition coefficient (Wildman–Crippen LogP) is 3.48. The van der Waals surface area contributed by atoms with Gasteiger partial charge in [0.1, 0.15) is 11.6 Å². The van der Waals surface area contributed by atoms with Crippen LogP contribution in [0.3, 0.4) is 0 Å². The molecule has 0 bridgehead atoms. The van der Waals surface area contributed by atoms with Crippen LogP contribution >= 0.6 is 15.9 Å². The molecule has 4 heteroatoms. The van der Waals surface area contributed by atoms with Crippen LogP contribution in [0.4, 0.5) is 0 Å². The molecule has 0 spiro atoms. The molecule has 0 atom stereocenters. The second-order valence-corrected chi connectivity index (χ2v) is 5.14. The molecule has 96 valence electrons. The molecular weight excluding hydrogens is 304 g/mol. The molecule has 1 heterocycles. The molecule has 0 fully saturated rings. The molecule has 19 heavy (non-hydrogen) atoms. The van der Waals surface area contributed by atoms with E-state index < -0.39 is 0 Å². The maximum atomic E-state index is 12.0. The normalized spacial score (nSPS) is 10.2. The quantitative estimate of drug-likeness (QED) is 0.851. The van der Waals surface area contributed by atoms with Gasteiger partial charge in [-0.25, -0.2) is 0 Å². The zero-order valence-corrected chi connectivity index (χ0v) is 12.4. The third kappa shape index (κ3) is 2.47. The summed E-state index contributed by atoms with van der Waals surface area (Å²) in [5, 5.41) is 9.07. The Hall–Kier alpha value is -1.86. The van der Waals surface area contributed by atoms with Gasteiger partial charge >= 0.3 is 0 Å². The van der Waals surface area contributed by atoms with Gasteiger partial charge in [0.2, 0.25) is 0 Å². The van der Waals surface area contributed by atoms with Crippen molar-refractivity contribution in [2.75, 3.05) is 0 Å². The van der Waals surface area contributed by atoms with Gasteiger partial charge in [-0.15, -0.1) is 0 Å². The van der Waals surface area contributed by atoms with E-state index in [9.17, 15) is 4.79 Å². The highest BCUT2D eigenvalue weighted by Gasteiger charge is 2.11. The predicted molar refractivity (Wildman–Crippen MR) is 79.0 cm³/mol. The van der Waals surface area contributed by atoms with Gasteiger partial charge in [0.15, 0.2) is 0 Å². The third-order valence-corrected chi connectivity index (χ3v) is 3.68. The summed E-state index contributed by atoms with van der Waals surface area (Å²) in [4.78, 5) is 12.0. The van der Waals surface area contributed by atoms with Crippen LogP contribution in [-0.4, -0.2) is 4.57 Å². The highest BCUT2D eigenvalue weighted by Crippen LogP contribution is 2.24. The van der Waals surface area contributed by atoms with E-state index in [2.05, 4.69) is 15.9 Å². The van der Waals surface area contributed by atoms with Crippen molar-refractivity contribution in [3.05, 3.63) is 56.4 Å². The van der Waals surface area contributed by atoms with Gasteiger partial charge in [-0.05, 0) is 37.6 Å². The molecule has 0 saturated heterocycles. The SMILES string of the molecule is CCn1c(C)c(-c2ccc(Br)cc2)cc(C#N)c1=O. The molecule has 0 radical (unpaired) electrons. The summed E-state index contributed by atoms with van der Waals surface area (Å²) >= 11 is 3.40. The summed E-state index contributed by atoms with van der Waals surface area (Å²) in [5.41, 5.74) is 2.77.